The van der Waals surface area contributed by atoms with E-state index >= 15 is 0 Å². The number of hydrogen-bond donors (Lipinski definition) is 1. The van der Waals surface area contributed by atoms with Crippen LogP contribution in [-0.2, 0) is 6.54 Å². The zero-order valence-corrected chi connectivity index (χ0v) is 11.4. The fourth-order valence-electron chi connectivity index (χ4n) is 1.61. The van der Waals surface area contributed by atoms with Crippen LogP contribution in [0.2, 0.25) is 0 Å². The van der Waals surface area contributed by atoms with Gasteiger partial charge >= 0.3 is 0 Å². The van der Waals surface area contributed by atoms with Crippen LogP contribution in [0.3, 0.4) is 0 Å². The smallest absolute Gasteiger partial charge is 0.269 e. The number of nitro groups is 1. The first-order valence-corrected chi connectivity index (χ1v) is 6.28. The number of nitrogens with one attached hydrogen (secondary N) is 1. The largest absolute Gasteiger partial charge is 0.380 e. The van der Waals surface area contributed by atoms with Gasteiger partial charge in [-0.2, -0.15) is 0 Å². The molecule has 0 atom stereocenters. The quantitative estimate of drug-likeness (QED) is 0.680. The molecule has 0 saturated heterocycles. The number of benzene rings is 2. The molecule has 2 aromatic carbocycles. The molecule has 1 N–H and O–H groups in total. The predicted molar refractivity (Wildman–Crippen MR) is 74.5 cm³/mol. The van der Waals surface area contributed by atoms with Crippen LogP contribution in [0.5, 0.6) is 0 Å². The summed E-state index contributed by atoms with van der Waals surface area (Å²) in [4.78, 5) is 10.2. The lowest BCUT2D eigenvalue weighted by Crippen LogP contribution is -2.01. The fourth-order valence-corrected chi connectivity index (χ4v) is 2.00. The first kappa shape index (κ1) is 13.5. The summed E-state index contributed by atoms with van der Waals surface area (Å²) < 4.78 is 13.8. The molecule has 98 valence electrons. The molecule has 0 aromatic heterocycles. The highest BCUT2D eigenvalue weighted by Crippen LogP contribution is 2.24. The molecule has 0 fully saturated rings. The Bertz CT molecular complexity index is 619. The Labute approximate surface area is 117 Å². The van der Waals surface area contributed by atoms with Gasteiger partial charge in [0.2, 0.25) is 0 Å². The van der Waals surface area contributed by atoms with Gasteiger partial charge in [-0.25, -0.2) is 4.39 Å². The number of rotatable bonds is 4. The second kappa shape index (κ2) is 5.79. The van der Waals surface area contributed by atoms with Crippen LogP contribution in [-0.4, -0.2) is 4.92 Å². The average molecular weight is 325 g/mol. The van der Waals surface area contributed by atoms with Crippen molar-refractivity contribution in [3.8, 4) is 0 Å². The number of anilines is 1. The van der Waals surface area contributed by atoms with Crippen LogP contribution in [0.4, 0.5) is 15.8 Å². The topological polar surface area (TPSA) is 55.2 Å². The molecule has 0 spiro atoms. The Kier molecular flexibility index (Phi) is 4.11. The monoisotopic (exact) mass is 324 g/mol. The lowest BCUT2D eigenvalue weighted by Gasteiger charge is -2.08. The number of hydrogen-bond acceptors (Lipinski definition) is 3. The molecule has 0 saturated carbocycles. The maximum atomic E-state index is 13.1. The second-order valence-corrected chi connectivity index (χ2v) is 4.76. The van der Waals surface area contributed by atoms with Gasteiger partial charge in [0.25, 0.3) is 5.69 Å². The Morgan fingerprint density at radius 3 is 2.79 bits per heavy atom. The first-order valence-electron chi connectivity index (χ1n) is 5.48. The fraction of sp³-hybridized carbons (Fsp3) is 0.0769. The number of nitrogens with zero attached hydrogens (tertiary/aromatic N) is 1. The van der Waals surface area contributed by atoms with E-state index in [1.807, 2.05) is 0 Å². The minimum Gasteiger partial charge on any atom is -0.380 e. The summed E-state index contributed by atoms with van der Waals surface area (Å²) >= 11 is 3.30. The van der Waals surface area contributed by atoms with Crippen molar-refractivity contribution in [2.24, 2.45) is 0 Å². The van der Waals surface area contributed by atoms with Crippen molar-refractivity contribution in [2.45, 2.75) is 6.54 Å². The van der Waals surface area contributed by atoms with Crippen LogP contribution in [0, 0.1) is 15.9 Å². The van der Waals surface area contributed by atoms with Crippen LogP contribution in [0.15, 0.2) is 46.9 Å². The molecule has 2 aromatic rings. The zero-order valence-electron chi connectivity index (χ0n) is 9.77. The zero-order chi connectivity index (χ0) is 13.8. The molecular weight excluding hydrogens is 315 g/mol. The summed E-state index contributed by atoms with van der Waals surface area (Å²) in [6.07, 6.45) is 0. The van der Waals surface area contributed by atoms with Crippen LogP contribution in [0.25, 0.3) is 0 Å². The minimum absolute atomic E-state index is 0.0395. The number of non-ortho nitro benzene ring substituents is 1. The van der Waals surface area contributed by atoms with Crippen molar-refractivity contribution in [1.82, 2.24) is 0 Å². The Morgan fingerprint density at radius 1 is 1.26 bits per heavy atom. The van der Waals surface area contributed by atoms with E-state index in [2.05, 4.69) is 21.2 Å². The van der Waals surface area contributed by atoms with Crippen LogP contribution < -0.4 is 5.32 Å². The molecule has 2 rings (SSSR count). The van der Waals surface area contributed by atoms with Gasteiger partial charge in [-0.15, -0.1) is 0 Å². The molecule has 19 heavy (non-hydrogen) atoms. The van der Waals surface area contributed by atoms with Crippen molar-refractivity contribution in [2.75, 3.05) is 5.32 Å². The third kappa shape index (κ3) is 3.51. The molecule has 0 aliphatic heterocycles. The molecule has 0 aliphatic carbocycles. The molecule has 0 aliphatic rings. The Hall–Kier alpha value is -1.95. The third-order valence-electron chi connectivity index (χ3n) is 2.53. The molecule has 0 unspecified atom stereocenters. The number of halogens is 2. The molecule has 6 heteroatoms. The molecule has 0 heterocycles. The molecular formula is C13H10BrFN2O2. The highest BCUT2D eigenvalue weighted by atomic mass is 79.9. The lowest BCUT2D eigenvalue weighted by atomic mass is 10.2. The van der Waals surface area contributed by atoms with E-state index in [4.69, 9.17) is 0 Å². The summed E-state index contributed by atoms with van der Waals surface area (Å²) in [5, 5.41) is 13.7. The summed E-state index contributed by atoms with van der Waals surface area (Å²) in [5.41, 5.74) is 1.40. The molecule has 0 bridgehead atoms. The molecule has 0 amide bonds. The van der Waals surface area contributed by atoms with Gasteiger partial charge in [0, 0.05) is 23.2 Å². The molecule has 0 radical (unpaired) electrons. The summed E-state index contributed by atoms with van der Waals surface area (Å²) in [6, 6.07) is 10.6. The highest BCUT2D eigenvalue weighted by molar-refractivity contribution is 9.10. The summed E-state index contributed by atoms with van der Waals surface area (Å²) in [6.45, 7) is 0.379. The Balaban J connectivity index is 2.12. The maximum Gasteiger partial charge on any atom is 0.269 e. The van der Waals surface area contributed by atoms with E-state index in [0.717, 1.165) is 10.0 Å². The number of nitro benzene ring substituents is 1. The van der Waals surface area contributed by atoms with Crippen LogP contribution >= 0.6 is 15.9 Å². The van der Waals surface area contributed by atoms with Gasteiger partial charge < -0.3 is 5.32 Å². The van der Waals surface area contributed by atoms with E-state index in [-0.39, 0.29) is 11.5 Å². The minimum atomic E-state index is -0.443. The average Bonchev–Trinajstić information content (AvgIpc) is 2.40. The summed E-state index contributed by atoms with van der Waals surface area (Å²) in [7, 11) is 0. The van der Waals surface area contributed by atoms with Gasteiger partial charge in [-0.05, 0) is 39.7 Å². The first-order chi connectivity index (χ1) is 9.06. The van der Waals surface area contributed by atoms with E-state index in [9.17, 15) is 14.5 Å². The normalized spacial score (nSPS) is 10.2. The predicted octanol–water partition coefficient (Wildman–Crippen LogP) is 4.11. The van der Waals surface area contributed by atoms with Gasteiger partial charge in [0.15, 0.2) is 0 Å². The highest BCUT2D eigenvalue weighted by Gasteiger charge is 2.06. The van der Waals surface area contributed by atoms with Gasteiger partial charge in [0.1, 0.15) is 5.82 Å². The van der Waals surface area contributed by atoms with Gasteiger partial charge in [0.05, 0.1) is 10.6 Å². The van der Waals surface area contributed by atoms with Gasteiger partial charge in [-0.1, -0.05) is 12.1 Å². The van der Waals surface area contributed by atoms with Crippen molar-refractivity contribution >= 4 is 27.3 Å². The van der Waals surface area contributed by atoms with E-state index in [1.54, 1.807) is 18.2 Å². The van der Waals surface area contributed by atoms with E-state index in [1.165, 1.54) is 24.3 Å². The SMILES string of the molecule is O=[N+]([O-])c1cccc(CNc2cc(F)ccc2Br)c1. The van der Waals surface area contributed by atoms with Crippen molar-refractivity contribution in [3.63, 3.8) is 0 Å². The second-order valence-electron chi connectivity index (χ2n) is 3.90. The maximum absolute atomic E-state index is 13.1. The third-order valence-corrected chi connectivity index (χ3v) is 3.22. The van der Waals surface area contributed by atoms with Crippen molar-refractivity contribution in [3.05, 3.63) is 68.4 Å². The van der Waals surface area contributed by atoms with Crippen molar-refractivity contribution < 1.29 is 9.31 Å². The van der Waals surface area contributed by atoms with Crippen LogP contribution in [0.1, 0.15) is 5.56 Å². The van der Waals surface area contributed by atoms with E-state index < -0.39 is 4.92 Å². The summed E-state index contributed by atoms with van der Waals surface area (Å²) in [5.74, 6) is -0.343. The lowest BCUT2D eigenvalue weighted by molar-refractivity contribution is -0.384. The molecule has 4 nitrogen and oxygen atoms in total. The van der Waals surface area contributed by atoms with Gasteiger partial charge in [-0.3, -0.25) is 10.1 Å². The van der Waals surface area contributed by atoms with E-state index in [0.29, 0.717) is 12.2 Å². The standard InChI is InChI=1S/C13H10BrFN2O2/c14-12-5-4-10(15)7-13(12)16-8-9-2-1-3-11(6-9)17(18)19/h1-7,16H,8H2. The Morgan fingerprint density at radius 2 is 2.05 bits per heavy atom. The van der Waals surface area contributed by atoms with Crippen molar-refractivity contribution in [1.29, 1.82) is 0 Å².